The molecule has 0 saturated heterocycles. The first-order valence-corrected chi connectivity index (χ1v) is 8.03. The number of hydrogen-bond donors (Lipinski definition) is 1. The standard InChI is InChI=1S/C16H31N3O2/c1-5-15-14(12-13(3)17)16(6-2)19(18-15)8-7-9-21-11-10-20-4/h13H,5-12,17H2,1-4H3. The van der Waals surface area contributed by atoms with Gasteiger partial charge in [0.05, 0.1) is 18.9 Å². The normalized spacial score (nSPS) is 12.8. The summed E-state index contributed by atoms with van der Waals surface area (Å²) < 4.78 is 12.6. The lowest BCUT2D eigenvalue weighted by Gasteiger charge is -2.10. The van der Waals surface area contributed by atoms with Crippen molar-refractivity contribution in [3.8, 4) is 0 Å². The van der Waals surface area contributed by atoms with E-state index in [0.29, 0.717) is 13.2 Å². The van der Waals surface area contributed by atoms with Crippen molar-refractivity contribution in [2.45, 2.75) is 59.0 Å². The molecule has 5 heteroatoms. The maximum atomic E-state index is 5.98. The molecule has 1 atom stereocenters. The van der Waals surface area contributed by atoms with Crippen LogP contribution in [0.3, 0.4) is 0 Å². The van der Waals surface area contributed by atoms with E-state index in [4.69, 9.17) is 20.3 Å². The van der Waals surface area contributed by atoms with Gasteiger partial charge in [0.2, 0.25) is 0 Å². The number of aryl methyl sites for hydroxylation is 2. The highest BCUT2D eigenvalue weighted by Gasteiger charge is 2.16. The maximum Gasteiger partial charge on any atom is 0.0700 e. The predicted molar refractivity (Wildman–Crippen MR) is 85.6 cm³/mol. The molecule has 0 aliphatic carbocycles. The predicted octanol–water partition coefficient (Wildman–Crippen LogP) is 1.95. The van der Waals surface area contributed by atoms with Crippen LogP contribution >= 0.6 is 0 Å². The molecule has 122 valence electrons. The second-order valence-electron chi connectivity index (χ2n) is 5.44. The summed E-state index contributed by atoms with van der Waals surface area (Å²) in [5.74, 6) is 0. The highest BCUT2D eigenvalue weighted by molar-refractivity contribution is 5.27. The highest BCUT2D eigenvalue weighted by atomic mass is 16.5. The molecule has 0 fully saturated rings. The minimum atomic E-state index is 0.177. The molecule has 5 nitrogen and oxygen atoms in total. The Bertz CT molecular complexity index is 402. The number of methoxy groups -OCH3 is 1. The third-order valence-electron chi connectivity index (χ3n) is 3.54. The Hall–Kier alpha value is -0.910. The molecule has 1 heterocycles. The zero-order valence-corrected chi connectivity index (χ0v) is 14.0. The molecule has 1 aromatic rings. The third-order valence-corrected chi connectivity index (χ3v) is 3.54. The summed E-state index contributed by atoms with van der Waals surface area (Å²) in [4.78, 5) is 0. The lowest BCUT2D eigenvalue weighted by molar-refractivity contribution is 0.0676. The van der Waals surface area contributed by atoms with Crippen LogP contribution in [0.15, 0.2) is 0 Å². The van der Waals surface area contributed by atoms with Crippen molar-refractivity contribution in [3.63, 3.8) is 0 Å². The van der Waals surface area contributed by atoms with Gasteiger partial charge >= 0.3 is 0 Å². The Kier molecular flexibility index (Phi) is 8.57. The lowest BCUT2D eigenvalue weighted by atomic mass is 10.0. The summed E-state index contributed by atoms with van der Waals surface area (Å²) in [6.07, 6.45) is 3.85. The maximum absolute atomic E-state index is 5.98. The number of nitrogens with two attached hydrogens (primary N) is 1. The average molecular weight is 297 g/mol. The van der Waals surface area contributed by atoms with Gasteiger partial charge in [-0.25, -0.2) is 0 Å². The van der Waals surface area contributed by atoms with Crippen molar-refractivity contribution in [3.05, 3.63) is 17.0 Å². The molecule has 0 aromatic carbocycles. The molecule has 1 aromatic heterocycles. The van der Waals surface area contributed by atoms with Crippen LogP contribution in [-0.2, 0) is 35.3 Å². The SMILES string of the molecule is CCc1nn(CCCOCCOC)c(CC)c1CC(C)N. The zero-order chi connectivity index (χ0) is 15.7. The summed E-state index contributed by atoms with van der Waals surface area (Å²) in [7, 11) is 1.69. The first kappa shape index (κ1) is 18.1. The highest BCUT2D eigenvalue weighted by Crippen LogP contribution is 2.18. The number of nitrogens with zero attached hydrogens (tertiary/aromatic N) is 2. The van der Waals surface area contributed by atoms with Gasteiger partial charge in [0.25, 0.3) is 0 Å². The molecule has 0 saturated carbocycles. The van der Waals surface area contributed by atoms with Crippen molar-refractivity contribution in [2.24, 2.45) is 5.73 Å². The van der Waals surface area contributed by atoms with Gasteiger partial charge in [-0.05, 0) is 38.2 Å². The van der Waals surface area contributed by atoms with E-state index in [-0.39, 0.29) is 6.04 Å². The second kappa shape index (κ2) is 9.92. The second-order valence-corrected chi connectivity index (χ2v) is 5.44. The molecule has 0 radical (unpaired) electrons. The summed E-state index contributed by atoms with van der Waals surface area (Å²) in [6.45, 7) is 9.36. The molecular weight excluding hydrogens is 266 g/mol. The Balaban J connectivity index is 2.62. The fraction of sp³-hybridized carbons (Fsp3) is 0.812. The molecule has 0 amide bonds. The fourth-order valence-electron chi connectivity index (χ4n) is 2.57. The minimum absolute atomic E-state index is 0.177. The van der Waals surface area contributed by atoms with Crippen LogP contribution in [0.4, 0.5) is 0 Å². The largest absolute Gasteiger partial charge is 0.382 e. The summed E-state index contributed by atoms with van der Waals surface area (Å²) >= 11 is 0. The average Bonchev–Trinajstić information content (AvgIpc) is 2.78. The van der Waals surface area contributed by atoms with E-state index in [9.17, 15) is 0 Å². The molecule has 2 N–H and O–H groups in total. The zero-order valence-electron chi connectivity index (χ0n) is 14.0. The molecule has 0 spiro atoms. The van der Waals surface area contributed by atoms with Gasteiger partial charge < -0.3 is 15.2 Å². The Labute approximate surface area is 128 Å². The van der Waals surface area contributed by atoms with Crippen LogP contribution in [0.2, 0.25) is 0 Å². The number of aromatic nitrogens is 2. The van der Waals surface area contributed by atoms with Gasteiger partial charge in [-0.1, -0.05) is 13.8 Å². The van der Waals surface area contributed by atoms with Crippen LogP contribution in [0.1, 0.15) is 44.1 Å². The van der Waals surface area contributed by atoms with Gasteiger partial charge in [-0.3, -0.25) is 4.68 Å². The van der Waals surface area contributed by atoms with Crippen LogP contribution in [0.25, 0.3) is 0 Å². The lowest BCUT2D eigenvalue weighted by Crippen LogP contribution is -2.19. The molecule has 1 unspecified atom stereocenters. The van der Waals surface area contributed by atoms with E-state index in [1.165, 1.54) is 17.0 Å². The Morgan fingerprint density at radius 1 is 1.19 bits per heavy atom. The topological polar surface area (TPSA) is 62.3 Å². The van der Waals surface area contributed by atoms with Crippen LogP contribution in [0, 0.1) is 0 Å². The number of ether oxygens (including phenoxy) is 2. The van der Waals surface area contributed by atoms with Gasteiger partial charge in [-0.15, -0.1) is 0 Å². The van der Waals surface area contributed by atoms with Crippen molar-refractivity contribution in [2.75, 3.05) is 26.9 Å². The van der Waals surface area contributed by atoms with Gasteiger partial charge in [-0.2, -0.15) is 5.10 Å². The summed E-state index contributed by atoms with van der Waals surface area (Å²) in [6, 6.07) is 0.177. The van der Waals surface area contributed by atoms with Gasteiger partial charge in [0, 0.05) is 32.0 Å². The third kappa shape index (κ3) is 5.77. The van der Waals surface area contributed by atoms with E-state index >= 15 is 0 Å². The first-order chi connectivity index (χ1) is 10.1. The van der Waals surface area contributed by atoms with Crippen molar-refractivity contribution in [1.29, 1.82) is 0 Å². The molecule has 0 aliphatic rings. The van der Waals surface area contributed by atoms with E-state index in [1.807, 2.05) is 0 Å². The first-order valence-electron chi connectivity index (χ1n) is 8.03. The van der Waals surface area contributed by atoms with Crippen LogP contribution in [0.5, 0.6) is 0 Å². The van der Waals surface area contributed by atoms with Crippen molar-refractivity contribution < 1.29 is 9.47 Å². The number of rotatable bonds is 11. The minimum Gasteiger partial charge on any atom is -0.382 e. The molecule has 1 rings (SSSR count). The van der Waals surface area contributed by atoms with Crippen molar-refractivity contribution in [1.82, 2.24) is 9.78 Å². The Morgan fingerprint density at radius 2 is 1.95 bits per heavy atom. The van der Waals surface area contributed by atoms with Crippen LogP contribution in [-0.4, -0.2) is 42.8 Å². The van der Waals surface area contributed by atoms with Crippen LogP contribution < -0.4 is 5.73 Å². The quantitative estimate of drug-likeness (QED) is 0.634. The summed E-state index contributed by atoms with van der Waals surface area (Å²) in [5, 5.41) is 4.77. The van der Waals surface area contributed by atoms with E-state index in [1.54, 1.807) is 7.11 Å². The molecule has 21 heavy (non-hydrogen) atoms. The van der Waals surface area contributed by atoms with E-state index < -0.39 is 0 Å². The van der Waals surface area contributed by atoms with E-state index in [0.717, 1.165) is 38.8 Å². The van der Waals surface area contributed by atoms with Gasteiger partial charge in [0.1, 0.15) is 0 Å². The molecule has 0 aliphatic heterocycles. The monoisotopic (exact) mass is 297 g/mol. The molecular formula is C16H31N3O2. The van der Waals surface area contributed by atoms with Gasteiger partial charge in [0.15, 0.2) is 0 Å². The van der Waals surface area contributed by atoms with E-state index in [2.05, 4.69) is 25.5 Å². The molecule has 0 bridgehead atoms. The summed E-state index contributed by atoms with van der Waals surface area (Å²) in [5.41, 5.74) is 9.87. The fourth-order valence-corrected chi connectivity index (χ4v) is 2.57. The Morgan fingerprint density at radius 3 is 2.52 bits per heavy atom. The number of hydrogen-bond acceptors (Lipinski definition) is 4. The van der Waals surface area contributed by atoms with Crippen molar-refractivity contribution >= 4 is 0 Å². The smallest absolute Gasteiger partial charge is 0.0700 e.